The van der Waals surface area contributed by atoms with Crippen molar-refractivity contribution in [3.63, 3.8) is 0 Å². The third-order valence-corrected chi connectivity index (χ3v) is 1.66. The van der Waals surface area contributed by atoms with Gasteiger partial charge >= 0.3 is 5.97 Å². The molecular formula is C7H3BrN2O2. The van der Waals surface area contributed by atoms with Crippen LogP contribution < -0.4 is 0 Å². The molecule has 0 bridgehead atoms. The zero-order chi connectivity index (χ0) is 9.14. The fourth-order valence-corrected chi connectivity index (χ4v) is 1.02. The van der Waals surface area contributed by atoms with Crippen LogP contribution in [0.3, 0.4) is 0 Å². The van der Waals surface area contributed by atoms with Crippen LogP contribution in [0.25, 0.3) is 0 Å². The van der Waals surface area contributed by atoms with Gasteiger partial charge in [-0.2, -0.15) is 5.26 Å². The molecule has 1 rings (SSSR count). The van der Waals surface area contributed by atoms with Gasteiger partial charge in [0.25, 0.3) is 0 Å². The fraction of sp³-hybridized carbons (Fsp3) is 0. The lowest BCUT2D eigenvalue weighted by atomic mass is 10.2. The summed E-state index contributed by atoms with van der Waals surface area (Å²) in [6.45, 7) is 0. The van der Waals surface area contributed by atoms with E-state index in [0.29, 0.717) is 4.60 Å². The number of carboxylic acids is 1. The van der Waals surface area contributed by atoms with Crippen LogP contribution in [-0.2, 0) is 0 Å². The van der Waals surface area contributed by atoms with Gasteiger partial charge in [0.05, 0.1) is 11.1 Å². The second-order valence-electron chi connectivity index (χ2n) is 1.97. The summed E-state index contributed by atoms with van der Waals surface area (Å²) in [7, 11) is 0. The quantitative estimate of drug-likeness (QED) is 0.736. The van der Waals surface area contributed by atoms with Crippen LogP contribution in [0.2, 0.25) is 0 Å². The first kappa shape index (κ1) is 8.68. The number of nitriles is 1. The number of hydrogen-bond acceptors (Lipinski definition) is 3. The van der Waals surface area contributed by atoms with E-state index in [0.717, 1.165) is 6.20 Å². The minimum atomic E-state index is -1.15. The number of carbonyl (C=O) groups is 1. The number of aromatic nitrogens is 1. The van der Waals surface area contributed by atoms with Gasteiger partial charge in [-0.25, -0.2) is 9.78 Å². The number of rotatable bonds is 1. The molecule has 0 amide bonds. The maximum absolute atomic E-state index is 10.5. The highest BCUT2D eigenvalue weighted by Crippen LogP contribution is 2.12. The van der Waals surface area contributed by atoms with E-state index in [4.69, 9.17) is 10.4 Å². The predicted molar refractivity (Wildman–Crippen MR) is 43.6 cm³/mol. The largest absolute Gasteiger partial charge is 0.478 e. The van der Waals surface area contributed by atoms with Crippen molar-refractivity contribution >= 4 is 21.9 Å². The topological polar surface area (TPSA) is 74.0 Å². The highest BCUT2D eigenvalue weighted by atomic mass is 79.9. The molecule has 0 aliphatic carbocycles. The molecule has 5 heteroatoms. The Kier molecular flexibility index (Phi) is 2.41. The molecule has 1 N–H and O–H groups in total. The van der Waals surface area contributed by atoms with Gasteiger partial charge < -0.3 is 5.11 Å². The molecule has 1 aromatic heterocycles. The van der Waals surface area contributed by atoms with Gasteiger partial charge in [0, 0.05) is 6.20 Å². The molecule has 60 valence electrons. The van der Waals surface area contributed by atoms with Crippen LogP contribution in [0.4, 0.5) is 0 Å². The Morgan fingerprint density at radius 2 is 2.42 bits per heavy atom. The van der Waals surface area contributed by atoms with Crippen molar-refractivity contribution in [1.29, 1.82) is 5.26 Å². The summed E-state index contributed by atoms with van der Waals surface area (Å²) in [5.74, 6) is -1.15. The number of aromatic carboxylic acids is 1. The van der Waals surface area contributed by atoms with Gasteiger partial charge in [0.15, 0.2) is 0 Å². The van der Waals surface area contributed by atoms with Crippen molar-refractivity contribution in [2.24, 2.45) is 0 Å². The highest BCUT2D eigenvalue weighted by molar-refractivity contribution is 9.10. The van der Waals surface area contributed by atoms with E-state index in [-0.39, 0.29) is 11.1 Å². The normalized spacial score (nSPS) is 9.00. The predicted octanol–water partition coefficient (Wildman–Crippen LogP) is 1.41. The zero-order valence-electron chi connectivity index (χ0n) is 5.78. The molecule has 0 spiro atoms. The second kappa shape index (κ2) is 3.32. The Hall–Kier alpha value is -1.41. The van der Waals surface area contributed by atoms with Gasteiger partial charge in [-0.15, -0.1) is 0 Å². The minimum absolute atomic E-state index is 0.0827. The molecule has 0 radical (unpaired) electrons. The Morgan fingerprint density at radius 3 is 2.92 bits per heavy atom. The average molecular weight is 227 g/mol. The van der Waals surface area contributed by atoms with E-state index in [9.17, 15) is 4.79 Å². The Morgan fingerprint density at radius 1 is 1.75 bits per heavy atom. The average Bonchev–Trinajstić information content (AvgIpc) is 2.03. The van der Waals surface area contributed by atoms with E-state index in [1.165, 1.54) is 6.07 Å². The minimum Gasteiger partial charge on any atom is -0.478 e. The van der Waals surface area contributed by atoms with Crippen LogP contribution in [0.15, 0.2) is 16.9 Å². The molecule has 0 aliphatic rings. The van der Waals surface area contributed by atoms with Crippen molar-refractivity contribution in [3.05, 3.63) is 28.0 Å². The first-order valence-electron chi connectivity index (χ1n) is 2.94. The SMILES string of the molecule is N#Cc1cc(Br)ncc1C(=O)O. The van der Waals surface area contributed by atoms with Gasteiger partial charge in [-0.1, -0.05) is 0 Å². The summed E-state index contributed by atoms with van der Waals surface area (Å²) in [6, 6.07) is 3.13. The molecule has 12 heavy (non-hydrogen) atoms. The first-order chi connectivity index (χ1) is 5.65. The number of carboxylic acid groups (broad SMARTS) is 1. The smallest absolute Gasteiger partial charge is 0.338 e. The van der Waals surface area contributed by atoms with Gasteiger partial charge in [-0.05, 0) is 22.0 Å². The van der Waals surface area contributed by atoms with E-state index < -0.39 is 5.97 Å². The second-order valence-corrected chi connectivity index (χ2v) is 2.78. The van der Waals surface area contributed by atoms with Gasteiger partial charge in [0.2, 0.25) is 0 Å². The number of nitrogens with zero attached hydrogens (tertiary/aromatic N) is 2. The van der Waals surface area contributed by atoms with E-state index >= 15 is 0 Å². The van der Waals surface area contributed by atoms with Gasteiger partial charge in [0.1, 0.15) is 10.7 Å². The van der Waals surface area contributed by atoms with Crippen molar-refractivity contribution < 1.29 is 9.90 Å². The van der Waals surface area contributed by atoms with E-state index in [2.05, 4.69) is 20.9 Å². The Balaban J connectivity index is 3.32. The van der Waals surface area contributed by atoms with Crippen molar-refractivity contribution in [2.45, 2.75) is 0 Å². The number of pyridine rings is 1. The molecule has 0 unspecified atom stereocenters. The van der Waals surface area contributed by atoms with E-state index in [1.54, 1.807) is 6.07 Å². The summed E-state index contributed by atoms with van der Waals surface area (Å²) in [6.07, 6.45) is 1.14. The Labute approximate surface area is 76.6 Å². The molecule has 4 nitrogen and oxygen atoms in total. The molecule has 0 saturated carbocycles. The summed E-state index contributed by atoms with van der Waals surface area (Å²) >= 11 is 3.03. The maximum Gasteiger partial charge on any atom is 0.338 e. The summed E-state index contributed by atoms with van der Waals surface area (Å²) in [5.41, 5.74) is 0.0186. The Bertz CT molecular complexity index is 370. The molecule has 0 fully saturated rings. The third-order valence-electron chi connectivity index (χ3n) is 1.22. The molecule has 0 aromatic carbocycles. The van der Waals surface area contributed by atoms with Crippen molar-refractivity contribution in [2.75, 3.05) is 0 Å². The van der Waals surface area contributed by atoms with E-state index in [1.807, 2.05) is 0 Å². The van der Waals surface area contributed by atoms with Crippen molar-refractivity contribution in [1.82, 2.24) is 4.98 Å². The van der Waals surface area contributed by atoms with Crippen molar-refractivity contribution in [3.8, 4) is 6.07 Å². The lowest BCUT2D eigenvalue weighted by Crippen LogP contribution is -2.00. The lowest BCUT2D eigenvalue weighted by Gasteiger charge is -1.96. The highest BCUT2D eigenvalue weighted by Gasteiger charge is 2.09. The lowest BCUT2D eigenvalue weighted by molar-refractivity contribution is 0.0696. The third kappa shape index (κ3) is 1.60. The summed E-state index contributed by atoms with van der Waals surface area (Å²) in [5, 5.41) is 17.1. The van der Waals surface area contributed by atoms with Crippen LogP contribution in [0.5, 0.6) is 0 Å². The van der Waals surface area contributed by atoms with Crippen LogP contribution in [0, 0.1) is 11.3 Å². The molecule has 0 aliphatic heterocycles. The molecule has 0 saturated heterocycles. The van der Waals surface area contributed by atoms with Crippen LogP contribution >= 0.6 is 15.9 Å². The monoisotopic (exact) mass is 226 g/mol. The molecule has 1 aromatic rings. The zero-order valence-corrected chi connectivity index (χ0v) is 7.37. The summed E-state index contributed by atoms with van der Waals surface area (Å²) < 4.78 is 0.448. The first-order valence-corrected chi connectivity index (χ1v) is 3.73. The number of hydrogen-bond donors (Lipinski definition) is 1. The van der Waals surface area contributed by atoms with Crippen LogP contribution in [-0.4, -0.2) is 16.1 Å². The summed E-state index contributed by atoms with van der Waals surface area (Å²) in [4.78, 5) is 14.2. The number of halogens is 1. The molecule has 0 atom stereocenters. The maximum atomic E-state index is 10.5. The van der Waals surface area contributed by atoms with Crippen LogP contribution in [0.1, 0.15) is 15.9 Å². The fourth-order valence-electron chi connectivity index (χ4n) is 0.693. The molecule has 1 heterocycles. The standard InChI is InChI=1S/C7H3BrN2O2/c8-6-1-4(2-9)5(3-10-6)7(11)12/h1,3H,(H,11,12). The van der Waals surface area contributed by atoms with Gasteiger partial charge in [-0.3, -0.25) is 0 Å². The molecular weight excluding hydrogens is 224 g/mol.